The van der Waals surface area contributed by atoms with Crippen LogP contribution in [0.1, 0.15) is 24.8 Å². The van der Waals surface area contributed by atoms with Gasteiger partial charge >= 0.3 is 0 Å². The molecule has 4 nitrogen and oxygen atoms in total. The second-order valence-corrected chi connectivity index (χ2v) is 4.54. The van der Waals surface area contributed by atoms with Gasteiger partial charge in [0.1, 0.15) is 0 Å². The zero-order valence-electron chi connectivity index (χ0n) is 10.8. The van der Waals surface area contributed by atoms with Crippen molar-refractivity contribution in [3.8, 4) is 0 Å². The Morgan fingerprint density at radius 1 is 1.37 bits per heavy atom. The Balaban J connectivity index is 0.00000162. The summed E-state index contributed by atoms with van der Waals surface area (Å²) in [7, 11) is 0. The van der Waals surface area contributed by atoms with Crippen molar-refractivity contribution in [2.24, 2.45) is 5.92 Å². The van der Waals surface area contributed by atoms with Crippen LogP contribution in [0.3, 0.4) is 0 Å². The molecule has 0 aliphatic carbocycles. The third-order valence-electron chi connectivity index (χ3n) is 3.15. The van der Waals surface area contributed by atoms with E-state index < -0.39 is 0 Å². The van der Waals surface area contributed by atoms with Gasteiger partial charge in [-0.25, -0.2) is 0 Å². The molecule has 2 heterocycles. The van der Waals surface area contributed by atoms with Gasteiger partial charge in [-0.05, 0) is 43.5 Å². The molecule has 2 rings (SSSR count). The van der Waals surface area contributed by atoms with Crippen LogP contribution in [0.15, 0.2) is 24.5 Å². The molecule has 1 aromatic rings. The number of carbonyl (C=O) groups excluding carboxylic acids is 1. The van der Waals surface area contributed by atoms with Crippen molar-refractivity contribution >= 4 is 30.7 Å². The zero-order valence-corrected chi connectivity index (χ0v) is 12.4. The van der Waals surface area contributed by atoms with E-state index in [1.54, 1.807) is 12.4 Å². The van der Waals surface area contributed by atoms with Gasteiger partial charge in [0.15, 0.2) is 0 Å². The highest BCUT2D eigenvalue weighted by Crippen LogP contribution is 2.15. The van der Waals surface area contributed by atoms with Crippen molar-refractivity contribution in [3.63, 3.8) is 0 Å². The lowest BCUT2D eigenvalue weighted by Crippen LogP contribution is -2.32. The lowest BCUT2D eigenvalue weighted by Gasteiger charge is -2.21. The van der Waals surface area contributed by atoms with Gasteiger partial charge in [0.25, 0.3) is 0 Å². The number of halogens is 2. The van der Waals surface area contributed by atoms with Crippen LogP contribution in [0.4, 0.5) is 0 Å². The molecule has 0 spiro atoms. The monoisotopic (exact) mass is 305 g/mol. The van der Waals surface area contributed by atoms with Crippen LogP contribution in [0.25, 0.3) is 0 Å². The van der Waals surface area contributed by atoms with Gasteiger partial charge in [-0.3, -0.25) is 9.78 Å². The maximum Gasteiger partial charge on any atom is 0.220 e. The third kappa shape index (κ3) is 6.76. The molecule has 1 saturated heterocycles. The number of hydrogen-bond acceptors (Lipinski definition) is 3. The summed E-state index contributed by atoms with van der Waals surface area (Å²) >= 11 is 0. The van der Waals surface area contributed by atoms with Crippen LogP contribution < -0.4 is 10.6 Å². The van der Waals surface area contributed by atoms with E-state index in [4.69, 9.17) is 0 Å². The maximum atomic E-state index is 11.7. The zero-order chi connectivity index (χ0) is 11.9. The minimum Gasteiger partial charge on any atom is -0.352 e. The molecule has 2 N–H and O–H groups in total. The molecule has 1 aliphatic rings. The standard InChI is InChI=1S/C13H19N3O.2ClH/c17-13(8-11-3-6-14-7-4-11)16-10-12-2-1-5-15-9-12;;/h1-2,5,9,11,14H,3-4,6-8,10H2,(H,16,17);2*1H. The van der Waals surface area contributed by atoms with Crippen LogP contribution in [-0.2, 0) is 11.3 Å². The number of amides is 1. The molecule has 0 atom stereocenters. The molecule has 1 fully saturated rings. The van der Waals surface area contributed by atoms with E-state index in [-0.39, 0.29) is 30.7 Å². The van der Waals surface area contributed by atoms with Crippen LogP contribution in [0.2, 0.25) is 0 Å². The molecule has 0 radical (unpaired) electrons. The summed E-state index contributed by atoms with van der Waals surface area (Å²) in [5.74, 6) is 0.700. The van der Waals surface area contributed by atoms with Crippen LogP contribution in [0.5, 0.6) is 0 Å². The highest BCUT2D eigenvalue weighted by Gasteiger charge is 2.16. The highest BCUT2D eigenvalue weighted by molar-refractivity contribution is 5.85. The van der Waals surface area contributed by atoms with E-state index in [2.05, 4.69) is 15.6 Å². The highest BCUT2D eigenvalue weighted by atomic mass is 35.5. The Morgan fingerprint density at radius 2 is 2.11 bits per heavy atom. The molecular formula is C13H21Cl2N3O. The van der Waals surface area contributed by atoms with Gasteiger partial charge in [0.2, 0.25) is 5.91 Å². The quantitative estimate of drug-likeness (QED) is 0.894. The first kappa shape index (κ1) is 18.2. The molecular weight excluding hydrogens is 285 g/mol. The normalized spacial score (nSPS) is 14.9. The number of nitrogens with one attached hydrogen (secondary N) is 2. The molecule has 19 heavy (non-hydrogen) atoms. The first-order valence-electron chi connectivity index (χ1n) is 6.21. The molecule has 1 aromatic heterocycles. The summed E-state index contributed by atoms with van der Waals surface area (Å²) in [5.41, 5.74) is 1.05. The summed E-state index contributed by atoms with van der Waals surface area (Å²) in [6.07, 6.45) is 6.40. The fourth-order valence-corrected chi connectivity index (χ4v) is 2.12. The van der Waals surface area contributed by atoms with Gasteiger partial charge in [-0.1, -0.05) is 6.07 Å². The number of rotatable bonds is 4. The Kier molecular flexibility index (Phi) is 9.57. The number of piperidine rings is 1. The van der Waals surface area contributed by atoms with Crippen molar-refractivity contribution in [1.82, 2.24) is 15.6 Å². The van der Waals surface area contributed by atoms with E-state index in [0.717, 1.165) is 31.5 Å². The third-order valence-corrected chi connectivity index (χ3v) is 3.15. The smallest absolute Gasteiger partial charge is 0.220 e. The van der Waals surface area contributed by atoms with Gasteiger partial charge < -0.3 is 10.6 Å². The van der Waals surface area contributed by atoms with Crippen LogP contribution >= 0.6 is 24.8 Å². The number of aromatic nitrogens is 1. The molecule has 0 bridgehead atoms. The lowest BCUT2D eigenvalue weighted by atomic mass is 9.94. The van der Waals surface area contributed by atoms with Crippen molar-refractivity contribution in [3.05, 3.63) is 30.1 Å². The van der Waals surface area contributed by atoms with E-state index in [1.807, 2.05) is 12.1 Å². The molecule has 6 heteroatoms. The van der Waals surface area contributed by atoms with Crippen molar-refractivity contribution in [2.75, 3.05) is 13.1 Å². The topological polar surface area (TPSA) is 54.0 Å². The minimum atomic E-state index is 0. The van der Waals surface area contributed by atoms with Crippen molar-refractivity contribution in [1.29, 1.82) is 0 Å². The fraction of sp³-hybridized carbons (Fsp3) is 0.538. The van der Waals surface area contributed by atoms with E-state index in [9.17, 15) is 4.79 Å². The average Bonchev–Trinajstić information content (AvgIpc) is 2.39. The maximum absolute atomic E-state index is 11.7. The fourth-order valence-electron chi connectivity index (χ4n) is 2.12. The predicted octanol–water partition coefficient (Wildman–Crippen LogP) is 1.93. The Morgan fingerprint density at radius 3 is 2.74 bits per heavy atom. The summed E-state index contributed by atoms with van der Waals surface area (Å²) in [4.78, 5) is 15.8. The van der Waals surface area contributed by atoms with E-state index in [1.165, 1.54) is 0 Å². The first-order valence-corrected chi connectivity index (χ1v) is 6.21. The van der Waals surface area contributed by atoms with E-state index >= 15 is 0 Å². The summed E-state index contributed by atoms with van der Waals surface area (Å²) in [6, 6.07) is 3.85. The molecule has 0 saturated carbocycles. The number of nitrogens with zero attached hydrogens (tertiary/aromatic N) is 1. The number of carbonyl (C=O) groups is 1. The van der Waals surface area contributed by atoms with Crippen molar-refractivity contribution < 1.29 is 4.79 Å². The Bertz CT molecular complexity index is 356. The predicted molar refractivity (Wildman–Crippen MR) is 80.8 cm³/mol. The van der Waals surface area contributed by atoms with Gasteiger partial charge in [-0.2, -0.15) is 0 Å². The largest absolute Gasteiger partial charge is 0.352 e. The SMILES string of the molecule is Cl.Cl.O=C(CC1CCNCC1)NCc1cccnc1. The summed E-state index contributed by atoms with van der Waals surface area (Å²) < 4.78 is 0. The van der Waals surface area contributed by atoms with Crippen LogP contribution in [0, 0.1) is 5.92 Å². The Hall–Kier alpha value is -0.840. The summed E-state index contributed by atoms with van der Waals surface area (Å²) in [5, 5.41) is 6.25. The molecule has 1 amide bonds. The van der Waals surface area contributed by atoms with Gasteiger partial charge in [0, 0.05) is 25.4 Å². The molecule has 0 aromatic carbocycles. The number of hydrogen-bond donors (Lipinski definition) is 2. The van der Waals surface area contributed by atoms with Gasteiger partial charge in [0.05, 0.1) is 0 Å². The second-order valence-electron chi connectivity index (χ2n) is 4.54. The first-order chi connectivity index (χ1) is 8.34. The van der Waals surface area contributed by atoms with Crippen LogP contribution in [-0.4, -0.2) is 24.0 Å². The lowest BCUT2D eigenvalue weighted by molar-refractivity contribution is -0.122. The molecule has 1 aliphatic heterocycles. The number of pyridine rings is 1. The Labute approximate surface area is 126 Å². The molecule has 0 unspecified atom stereocenters. The second kappa shape index (κ2) is 10.0. The minimum absolute atomic E-state index is 0. The summed E-state index contributed by atoms with van der Waals surface area (Å²) in [6.45, 7) is 2.67. The van der Waals surface area contributed by atoms with Gasteiger partial charge in [-0.15, -0.1) is 24.8 Å². The average molecular weight is 306 g/mol. The molecule has 108 valence electrons. The van der Waals surface area contributed by atoms with E-state index in [0.29, 0.717) is 18.9 Å². The van der Waals surface area contributed by atoms with Crippen molar-refractivity contribution in [2.45, 2.75) is 25.8 Å².